The minimum atomic E-state index is -4.85. The van der Waals surface area contributed by atoms with E-state index in [-0.39, 0.29) is 32.1 Å². The van der Waals surface area contributed by atoms with Crippen molar-refractivity contribution < 1.29 is 37.4 Å². The number of hydrogen-bond donors (Lipinski definition) is 4. The van der Waals surface area contributed by atoms with Crippen molar-refractivity contribution >= 4 is 29.5 Å². The minimum absolute atomic E-state index is 0.0134. The number of aromatic nitrogens is 4. The molecule has 0 aliphatic carbocycles. The fourth-order valence-electron chi connectivity index (χ4n) is 4.48. The average molecular weight is 647 g/mol. The third-order valence-corrected chi connectivity index (χ3v) is 6.82. The maximum atomic E-state index is 13.2. The number of nitrogens with zero attached hydrogens (tertiary/aromatic N) is 5. The lowest BCUT2D eigenvalue weighted by Gasteiger charge is -2.34. The molecular weight excluding hydrogens is 613 g/mol. The number of amides is 2. The van der Waals surface area contributed by atoms with E-state index in [1.165, 1.54) is 11.6 Å². The van der Waals surface area contributed by atoms with Crippen LogP contribution in [0.25, 0.3) is 6.08 Å². The van der Waals surface area contributed by atoms with Crippen LogP contribution in [-0.4, -0.2) is 87.5 Å². The van der Waals surface area contributed by atoms with Gasteiger partial charge in [-0.15, -0.1) is 0 Å². The lowest BCUT2D eigenvalue weighted by Crippen LogP contribution is -2.49. The summed E-state index contributed by atoms with van der Waals surface area (Å²) in [5.41, 5.74) is 0.0570. The van der Waals surface area contributed by atoms with Crippen LogP contribution in [0.2, 0.25) is 0 Å². The van der Waals surface area contributed by atoms with Crippen molar-refractivity contribution in [1.29, 1.82) is 0 Å². The zero-order chi connectivity index (χ0) is 33.1. The Balaban J connectivity index is 1.14. The number of hydrogen-bond acceptors (Lipinski definition) is 11. The van der Waals surface area contributed by atoms with Crippen LogP contribution in [0.3, 0.4) is 0 Å². The van der Waals surface area contributed by atoms with Crippen LogP contribution in [0.15, 0.2) is 53.7 Å². The predicted octanol–water partition coefficient (Wildman–Crippen LogP) is 2.23. The quantitative estimate of drug-likeness (QED) is 0.0928. The number of carbonyl (C=O) groups excluding carboxylic acids is 2. The highest BCUT2D eigenvalue weighted by molar-refractivity contribution is 5.90. The highest BCUT2D eigenvalue weighted by Gasteiger charge is 2.37. The van der Waals surface area contributed by atoms with Gasteiger partial charge in [-0.3, -0.25) is 19.6 Å². The van der Waals surface area contributed by atoms with Gasteiger partial charge in [-0.1, -0.05) is 24.3 Å². The number of piperazine rings is 1. The van der Waals surface area contributed by atoms with Gasteiger partial charge in [0.05, 0.1) is 43.9 Å². The molecule has 0 radical (unpaired) electrons. The Bertz CT molecular complexity index is 1540. The van der Waals surface area contributed by atoms with Gasteiger partial charge in [0, 0.05) is 38.3 Å². The topological polar surface area (TPSA) is 175 Å². The van der Waals surface area contributed by atoms with Crippen molar-refractivity contribution in [3.05, 3.63) is 76.0 Å². The SMILES string of the molecule is C[C@@H](COCCC(=O)N1CCN(c2ncc(OCc3ccc(/C=C/C(=O)NO)cc3)cn2)CC1)Nc1cn[nH]c(=O)c1C(F)(F)F. The van der Waals surface area contributed by atoms with Gasteiger partial charge in [0.15, 0.2) is 5.75 Å². The first-order chi connectivity index (χ1) is 22.0. The minimum Gasteiger partial charge on any atom is -0.486 e. The number of H-pyrrole nitrogens is 1. The first-order valence-corrected chi connectivity index (χ1v) is 14.2. The van der Waals surface area contributed by atoms with Crippen LogP contribution < -0.4 is 26.0 Å². The summed E-state index contributed by atoms with van der Waals surface area (Å²) in [6.45, 7) is 3.95. The van der Waals surface area contributed by atoms with Gasteiger partial charge in [-0.2, -0.15) is 18.3 Å². The summed E-state index contributed by atoms with van der Waals surface area (Å²) in [6.07, 6.45) is 2.08. The molecular formula is C29H33F3N8O6. The molecule has 2 amide bonds. The number of aromatic amines is 1. The summed E-state index contributed by atoms with van der Waals surface area (Å²) in [5, 5.41) is 16.3. The molecule has 3 aromatic rings. The monoisotopic (exact) mass is 646 g/mol. The van der Waals surface area contributed by atoms with E-state index < -0.39 is 34.9 Å². The molecule has 1 aliphatic heterocycles. The summed E-state index contributed by atoms with van der Waals surface area (Å²) in [5.74, 6) is 0.270. The number of nitrogens with one attached hydrogen (secondary N) is 3. The van der Waals surface area contributed by atoms with E-state index in [1.807, 2.05) is 29.2 Å². The molecule has 0 saturated carbocycles. The Morgan fingerprint density at radius 3 is 2.46 bits per heavy atom. The average Bonchev–Trinajstić information content (AvgIpc) is 3.04. The van der Waals surface area contributed by atoms with Crippen LogP contribution >= 0.6 is 0 Å². The van der Waals surface area contributed by atoms with Crippen molar-refractivity contribution in [2.45, 2.75) is 32.2 Å². The summed E-state index contributed by atoms with van der Waals surface area (Å²) in [6, 6.07) is 6.74. The zero-order valence-electron chi connectivity index (χ0n) is 24.8. The van der Waals surface area contributed by atoms with Gasteiger partial charge in [0.2, 0.25) is 11.9 Å². The normalized spacial score (nSPS) is 14.3. The van der Waals surface area contributed by atoms with Gasteiger partial charge >= 0.3 is 6.18 Å². The Morgan fingerprint density at radius 2 is 1.80 bits per heavy atom. The lowest BCUT2D eigenvalue weighted by atomic mass is 10.1. The highest BCUT2D eigenvalue weighted by atomic mass is 19.4. The van der Waals surface area contributed by atoms with Crippen LogP contribution in [0.5, 0.6) is 5.75 Å². The molecule has 1 atom stereocenters. The van der Waals surface area contributed by atoms with Crippen molar-refractivity contribution in [2.24, 2.45) is 0 Å². The fourth-order valence-corrected chi connectivity index (χ4v) is 4.48. The molecule has 1 fully saturated rings. The maximum Gasteiger partial charge on any atom is 0.423 e. The van der Waals surface area contributed by atoms with E-state index in [0.717, 1.165) is 17.3 Å². The van der Waals surface area contributed by atoms with Gasteiger partial charge in [0.1, 0.15) is 12.2 Å². The molecule has 1 aliphatic rings. The molecule has 1 saturated heterocycles. The third kappa shape index (κ3) is 9.73. The van der Waals surface area contributed by atoms with Gasteiger partial charge in [-0.25, -0.2) is 20.5 Å². The smallest absolute Gasteiger partial charge is 0.423 e. The number of anilines is 2. The van der Waals surface area contributed by atoms with Crippen LogP contribution in [0.1, 0.15) is 30.0 Å². The molecule has 0 unspecified atom stereocenters. The van der Waals surface area contributed by atoms with Crippen molar-refractivity contribution in [3.63, 3.8) is 0 Å². The summed E-state index contributed by atoms with van der Waals surface area (Å²) >= 11 is 0. The molecule has 17 heteroatoms. The summed E-state index contributed by atoms with van der Waals surface area (Å²) < 4.78 is 50.9. The van der Waals surface area contributed by atoms with Gasteiger partial charge in [-0.05, 0) is 24.1 Å². The second-order valence-corrected chi connectivity index (χ2v) is 10.3. The number of carbonyl (C=O) groups is 2. The number of rotatable bonds is 13. The molecule has 0 spiro atoms. The van der Waals surface area contributed by atoms with Crippen LogP contribution in [-0.2, 0) is 27.1 Å². The van der Waals surface area contributed by atoms with Crippen LogP contribution in [0, 0.1) is 0 Å². The second kappa shape index (κ2) is 15.8. The van der Waals surface area contributed by atoms with E-state index in [9.17, 15) is 27.6 Å². The van der Waals surface area contributed by atoms with E-state index in [2.05, 4.69) is 20.4 Å². The number of alkyl halides is 3. The highest BCUT2D eigenvalue weighted by Crippen LogP contribution is 2.31. The fraction of sp³-hybridized carbons (Fsp3) is 0.379. The molecule has 0 bridgehead atoms. The molecule has 46 heavy (non-hydrogen) atoms. The summed E-state index contributed by atoms with van der Waals surface area (Å²) in [4.78, 5) is 47.8. The first kappa shape index (κ1) is 33.9. The molecule has 4 N–H and O–H groups in total. The zero-order valence-corrected chi connectivity index (χ0v) is 24.8. The van der Waals surface area contributed by atoms with Crippen LogP contribution in [0.4, 0.5) is 24.8 Å². The lowest BCUT2D eigenvalue weighted by molar-refractivity contribution is -0.138. The predicted molar refractivity (Wildman–Crippen MR) is 159 cm³/mol. The van der Waals surface area contributed by atoms with Gasteiger partial charge < -0.3 is 24.6 Å². The third-order valence-electron chi connectivity index (χ3n) is 6.82. The Morgan fingerprint density at radius 1 is 1.11 bits per heavy atom. The molecule has 14 nitrogen and oxygen atoms in total. The molecule has 2 aromatic heterocycles. The molecule has 1 aromatic carbocycles. The first-order valence-electron chi connectivity index (χ1n) is 14.2. The maximum absolute atomic E-state index is 13.2. The molecule has 3 heterocycles. The van der Waals surface area contributed by atoms with E-state index in [1.54, 1.807) is 35.4 Å². The number of benzene rings is 1. The van der Waals surface area contributed by atoms with E-state index in [4.69, 9.17) is 14.7 Å². The number of hydroxylamine groups is 1. The molecule has 246 valence electrons. The van der Waals surface area contributed by atoms with Crippen molar-refractivity contribution in [3.8, 4) is 5.75 Å². The largest absolute Gasteiger partial charge is 0.486 e. The standard InChI is InChI=1S/C29H33F3N8O6/c1-19(36-23-16-35-37-27(43)26(23)29(30,31)32)17-45-13-8-25(42)39-9-11-40(12-10-39)28-33-14-22(15-34-28)46-18-21-4-2-20(3-5-21)6-7-24(41)38-44/h2-7,14-16,19,44H,8-13,17-18H2,1H3,(H,38,41)(H2,36,37,43)/b7-6+/t19-/m0/s1. The van der Waals surface area contributed by atoms with Gasteiger partial charge in [0.25, 0.3) is 11.5 Å². The van der Waals surface area contributed by atoms with E-state index in [0.29, 0.717) is 37.9 Å². The number of halogens is 3. The molecule has 4 rings (SSSR count). The Kier molecular flexibility index (Phi) is 11.6. The summed E-state index contributed by atoms with van der Waals surface area (Å²) in [7, 11) is 0. The van der Waals surface area contributed by atoms with Crippen molar-refractivity contribution in [2.75, 3.05) is 49.6 Å². The van der Waals surface area contributed by atoms with Crippen molar-refractivity contribution in [1.82, 2.24) is 30.5 Å². The number of ether oxygens (including phenoxy) is 2. The Labute approximate surface area is 261 Å². The second-order valence-electron chi connectivity index (χ2n) is 10.3. The Hall–Kier alpha value is -5.03. The van der Waals surface area contributed by atoms with E-state index >= 15 is 0 Å².